The molecule has 1 amide bonds. The van der Waals surface area contributed by atoms with E-state index in [2.05, 4.69) is 0 Å². The van der Waals surface area contributed by atoms with Gasteiger partial charge in [-0.2, -0.15) is 0 Å². The van der Waals surface area contributed by atoms with Crippen LogP contribution in [0.1, 0.15) is 40.0 Å². The number of aliphatic hydroxyl groups is 1. The van der Waals surface area contributed by atoms with Gasteiger partial charge in [-0.15, -0.1) is 0 Å². The van der Waals surface area contributed by atoms with Crippen molar-refractivity contribution in [1.82, 2.24) is 4.90 Å². The highest BCUT2D eigenvalue weighted by Crippen LogP contribution is 2.40. The fourth-order valence-electron chi connectivity index (χ4n) is 3.23. The number of rotatable bonds is 1. The number of hydrogen-bond acceptors (Lipinski definition) is 5. The van der Waals surface area contributed by atoms with Gasteiger partial charge in [0.1, 0.15) is 11.5 Å². The Morgan fingerprint density at radius 1 is 1.25 bits per heavy atom. The van der Waals surface area contributed by atoms with E-state index >= 15 is 0 Å². The number of nitrogens with zero attached hydrogens (tertiary/aromatic N) is 1. The first-order valence-corrected chi connectivity index (χ1v) is 7.02. The van der Waals surface area contributed by atoms with Crippen LogP contribution in [0.2, 0.25) is 0 Å². The number of ether oxygens (including phenoxy) is 2. The quantitative estimate of drug-likeness (QED) is 0.735. The van der Waals surface area contributed by atoms with Crippen molar-refractivity contribution in [1.29, 1.82) is 0 Å². The summed E-state index contributed by atoms with van der Waals surface area (Å²) in [6.07, 6.45) is 0.717. The minimum absolute atomic E-state index is 0.0502. The van der Waals surface area contributed by atoms with Crippen LogP contribution in [-0.2, 0) is 14.3 Å². The average Bonchev–Trinajstić information content (AvgIpc) is 2.63. The third kappa shape index (κ3) is 2.75. The van der Waals surface area contributed by atoms with Crippen molar-refractivity contribution < 1.29 is 24.2 Å². The Labute approximate surface area is 119 Å². The Morgan fingerprint density at radius 3 is 2.45 bits per heavy atom. The van der Waals surface area contributed by atoms with Gasteiger partial charge in [0, 0.05) is 6.04 Å². The largest absolute Gasteiger partial charge is 0.469 e. The van der Waals surface area contributed by atoms with Gasteiger partial charge < -0.3 is 19.5 Å². The third-order valence-corrected chi connectivity index (χ3v) is 3.97. The Morgan fingerprint density at radius 2 is 1.90 bits per heavy atom. The molecule has 2 fully saturated rings. The van der Waals surface area contributed by atoms with E-state index in [0.29, 0.717) is 12.8 Å². The first-order chi connectivity index (χ1) is 9.24. The fourth-order valence-corrected chi connectivity index (χ4v) is 3.23. The molecule has 6 heteroatoms. The zero-order valence-corrected chi connectivity index (χ0v) is 12.5. The molecule has 2 unspecified atom stereocenters. The van der Waals surface area contributed by atoms with Gasteiger partial charge in [0.25, 0.3) is 0 Å². The van der Waals surface area contributed by atoms with Crippen LogP contribution in [0.3, 0.4) is 0 Å². The second-order valence-electron chi connectivity index (χ2n) is 6.54. The molecule has 0 aromatic rings. The maximum absolute atomic E-state index is 12.3. The van der Waals surface area contributed by atoms with E-state index in [9.17, 15) is 14.7 Å². The molecule has 1 N–H and O–H groups in total. The van der Waals surface area contributed by atoms with Crippen molar-refractivity contribution in [3.05, 3.63) is 0 Å². The molecule has 2 rings (SSSR count). The maximum Gasteiger partial charge on any atom is 0.410 e. The molecule has 0 aliphatic carbocycles. The summed E-state index contributed by atoms with van der Waals surface area (Å²) in [5.41, 5.74) is -0.576. The Kier molecular flexibility index (Phi) is 3.95. The number of amides is 1. The van der Waals surface area contributed by atoms with Crippen LogP contribution in [0.25, 0.3) is 0 Å². The summed E-state index contributed by atoms with van der Waals surface area (Å²) in [4.78, 5) is 25.8. The summed E-state index contributed by atoms with van der Waals surface area (Å²) < 4.78 is 10.2. The molecule has 0 spiro atoms. The smallest absolute Gasteiger partial charge is 0.410 e. The van der Waals surface area contributed by atoms with Crippen molar-refractivity contribution in [2.75, 3.05) is 7.11 Å². The summed E-state index contributed by atoms with van der Waals surface area (Å²) in [6, 6.07) is -0.378. The number of carbonyl (C=O) groups excluding carboxylic acids is 2. The number of piperidine rings is 1. The van der Waals surface area contributed by atoms with E-state index in [1.54, 1.807) is 4.90 Å². The van der Waals surface area contributed by atoms with Crippen LogP contribution in [0.15, 0.2) is 0 Å². The molecule has 20 heavy (non-hydrogen) atoms. The summed E-state index contributed by atoms with van der Waals surface area (Å²) >= 11 is 0. The van der Waals surface area contributed by atoms with E-state index in [1.165, 1.54) is 7.11 Å². The van der Waals surface area contributed by atoms with Gasteiger partial charge in [-0.05, 0) is 40.0 Å². The van der Waals surface area contributed by atoms with Gasteiger partial charge >= 0.3 is 12.1 Å². The monoisotopic (exact) mass is 285 g/mol. The molecule has 0 aromatic carbocycles. The van der Waals surface area contributed by atoms with E-state index < -0.39 is 29.7 Å². The predicted octanol–water partition coefficient (Wildman–Crippen LogP) is 1.31. The zero-order chi connectivity index (χ0) is 15.1. The normalized spacial score (nSPS) is 33.0. The van der Waals surface area contributed by atoms with Crippen molar-refractivity contribution >= 4 is 12.1 Å². The van der Waals surface area contributed by atoms with Gasteiger partial charge in [-0.3, -0.25) is 4.79 Å². The number of esters is 1. The van der Waals surface area contributed by atoms with Crippen molar-refractivity contribution in [3.8, 4) is 0 Å². The fraction of sp³-hybridized carbons (Fsp3) is 0.857. The second kappa shape index (κ2) is 5.24. The molecule has 2 heterocycles. The number of aliphatic hydroxyl groups excluding tert-OH is 1. The van der Waals surface area contributed by atoms with Crippen LogP contribution in [0.4, 0.5) is 4.79 Å². The van der Waals surface area contributed by atoms with Gasteiger partial charge in [0.05, 0.1) is 19.3 Å². The molecule has 6 nitrogen and oxygen atoms in total. The lowest BCUT2D eigenvalue weighted by molar-refractivity contribution is -0.155. The lowest BCUT2D eigenvalue weighted by atomic mass is 9.87. The molecule has 2 aliphatic rings. The molecule has 2 bridgehead atoms. The zero-order valence-electron chi connectivity index (χ0n) is 12.5. The summed E-state index contributed by atoms with van der Waals surface area (Å²) in [7, 11) is 1.30. The summed E-state index contributed by atoms with van der Waals surface area (Å²) in [5.74, 6) is -1.14. The van der Waals surface area contributed by atoms with Gasteiger partial charge in [0.2, 0.25) is 0 Å². The molecular formula is C14H23NO5. The first kappa shape index (κ1) is 15.1. The summed E-state index contributed by atoms with van der Waals surface area (Å²) in [6.45, 7) is 5.43. The van der Waals surface area contributed by atoms with Crippen LogP contribution in [0, 0.1) is 5.92 Å². The molecule has 0 radical (unpaired) electrons. The maximum atomic E-state index is 12.3. The number of methoxy groups -OCH3 is 1. The SMILES string of the molecule is COC(=O)C1C(O)C[C@H]2CC[C@@H]1N2C(=O)OC(C)(C)C. The van der Waals surface area contributed by atoms with E-state index in [1.807, 2.05) is 20.8 Å². The molecular weight excluding hydrogens is 262 g/mol. The topological polar surface area (TPSA) is 76.1 Å². The van der Waals surface area contributed by atoms with Crippen molar-refractivity contribution in [2.24, 2.45) is 5.92 Å². The predicted molar refractivity (Wildman–Crippen MR) is 71.0 cm³/mol. The second-order valence-corrected chi connectivity index (χ2v) is 6.54. The Bertz CT molecular complexity index is 403. The Hall–Kier alpha value is -1.30. The highest BCUT2D eigenvalue weighted by atomic mass is 16.6. The van der Waals surface area contributed by atoms with E-state index in [0.717, 1.165) is 6.42 Å². The lowest BCUT2D eigenvalue weighted by Crippen LogP contribution is -2.56. The molecule has 2 aliphatic heterocycles. The molecule has 4 atom stereocenters. The first-order valence-electron chi connectivity index (χ1n) is 7.02. The molecule has 0 saturated carbocycles. The van der Waals surface area contributed by atoms with Crippen LogP contribution in [-0.4, -0.2) is 53.0 Å². The van der Waals surface area contributed by atoms with Crippen molar-refractivity contribution in [2.45, 2.75) is 63.8 Å². The minimum Gasteiger partial charge on any atom is -0.469 e. The molecule has 2 saturated heterocycles. The standard InChI is InChI=1S/C14H23NO5/c1-14(2,3)20-13(18)15-8-5-6-9(15)11(10(16)7-8)12(17)19-4/h8-11,16H,5-7H2,1-4H3/t8-,9+,10?,11?/m1/s1. The van der Waals surface area contributed by atoms with E-state index in [-0.39, 0.29) is 12.1 Å². The van der Waals surface area contributed by atoms with Gasteiger partial charge in [-0.25, -0.2) is 4.79 Å². The van der Waals surface area contributed by atoms with Crippen LogP contribution < -0.4 is 0 Å². The van der Waals surface area contributed by atoms with Gasteiger partial charge in [-0.1, -0.05) is 0 Å². The number of hydrogen-bond donors (Lipinski definition) is 1. The average molecular weight is 285 g/mol. The third-order valence-electron chi connectivity index (χ3n) is 3.97. The van der Waals surface area contributed by atoms with Crippen molar-refractivity contribution in [3.63, 3.8) is 0 Å². The minimum atomic E-state index is -0.751. The summed E-state index contributed by atoms with van der Waals surface area (Å²) in [5, 5.41) is 10.1. The highest BCUT2D eigenvalue weighted by molar-refractivity contribution is 5.77. The van der Waals surface area contributed by atoms with E-state index in [4.69, 9.17) is 9.47 Å². The van der Waals surface area contributed by atoms with Crippen LogP contribution in [0.5, 0.6) is 0 Å². The highest BCUT2D eigenvalue weighted by Gasteiger charge is 2.53. The van der Waals surface area contributed by atoms with Gasteiger partial charge in [0.15, 0.2) is 0 Å². The molecule has 0 aromatic heterocycles. The number of carbonyl (C=O) groups is 2. The molecule has 114 valence electrons. The van der Waals surface area contributed by atoms with Crippen LogP contribution >= 0.6 is 0 Å². The lowest BCUT2D eigenvalue weighted by Gasteiger charge is -2.41. The Balaban J connectivity index is 2.19. The number of fused-ring (bicyclic) bond motifs is 2.